The molecule has 0 fully saturated rings. The SMILES string of the molecule is CCN(CCCN(C)C)Cc1ccc(O)c(Br)c1. The van der Waals surface area contributed by atoms with Crippen molar-refractivity contribution in [1.82, 2.24) is 9.80 Å². The number of hydrogen-bond donors (Lipinski definition) is 1. The molecular formula is C14H23BrN2O. The number of nitrogens with zero attached hydrogens (tertiary/aromatic N) is 2. The van der Waals surface area contributed by atoms with Gasteiger partial charge in [0.05, 0.1) is 4.47 Å². The van der Waals surface area contributed by atoms with Gasteiger partial charge in [-0.3, -0.25) is 4.90 Å². The van der Waals surface area contributed by atoms with Crippen molar-refractivity contribution in [3.05, 3.63) is 28.2 Å². The molecule has 1 rings (SSSR count). The molecule has 0 heterocycles. The van der Waals surface area contributed by atoms with Crippen LogP contribution in [0.1, 0.15) is 18.9 Å². The van der Waals surface area contributed by atoms with Gasteiger partial charge in [-0.05, 0) is 73.8 Å². The van der Waals surface area contributed by atoms with Crippen molar-refractivity contribution in [3.8, 4) is 5.75 Å². The van der Waals surface area contributed by atoms with Crippen molar-refractivity contribution < 1.29 is 5.11 Å². The van der Waals surface area contributed by atoms with Gasteiger partial charge in [-0.15, -0.1) is 0 Å². The van der Waals surface area contributed by atoms with E-state index in [1.165, 1.54) is 12.0 Å². The second-order valence-corrected chi connectivity index (χ2v) is 5.67. The molecule has 0 aliphatic carbocycles. The Kier molecular flexibility index (Phi) is 6.68. The van der Waals surface area contributed by atoms with Crippen LogP contribution in [0.3, 0.4) is 0 Å². The van der Waals surface area contributed by atoms with E-state index in [0.717, 1.165) is 30.7 Å². The average molecular weight is 315 g/mol. The van der Waals surface area contributed by atoms with E-state index in [0.29, 0.717) is 5.75 Å². The molecule has 0 aliphatic rings. The number of aromatic hydroxyl groups is 1. The molecule has 1 N–H and O–H groups in total. The number of phenols is 1. The van der Waals surface area contributed by atoms with Gasteiger partial charge in [-0.1, -0.05) is 13.0 Å². The summed E-state index contributed by atoms with van der Waals surface area (Å²) in [5.41, 5.74) is 1.23. The lowest BCUT2D eigenvalue weighted by atomic mass is 10.2. The number of halogens is 1. The monoisotopic (exact) mass is 314 g/mol. The van der Waals surface area contributed by atoms with E-state index < -0.39 is 0 Å². The second kappa shape index (κ2) is 7.77. The molecular weight excluding hydrogens is 292 g/mol. The molecule has 3 nitrogen and oxygen atoms in total. The van der Waals surface area contributed by atoms with Crippen LogP contribution >= 0.6 is 15.9 Å². The Balaban J connectivity index is 2.49. The first-order valence-electron chi connectivity index (χ1n) is 6.37. The zero-order valence-electron chi connectivity index (χ0n) is 11.5. The molecule has 0 spiro atoms. The van der Waals surface area contributed by atoms with E-state index in [9.17, 15) is 5.11 Å². The molecule has 102 valence electrons. The first kappa shape index (κ1) is 15.5. The summed E-state index contributed by atoms with van der Waals surface area (Å²) in [5, 5.41) is 9.47. The molecule has 1 aromatic carbocycles. The van der Waals surface area contributed by atoms with Gasteiger partial charge in [-0.25, -0.2) is 0 Å². The lowest BCUT2D eigenvalue weighted by Crippen LogP contribution is -2.26. The first-order valence-corrected chi connectivity index (χ1v) is 7.16. The Morgan fingerprint density at radius 2 is 1.94 bits per heavy atom. The molecule has 0 amide bonds. The third-order valence-electron chi connectivity index (χ3n) is 2.95. The van der Waals surface area contributed by atoms with E-state index in [1.807, 2.05) is 12.1 Å². The van der Waals surface area contributed by atoms with Crippen LogP contribution in [-0.4, -0.2) is 48.6 Å². The topological polar surface area (TPSA) is 26.7 Å². The first-order chi connectivity index (χ1) is 8.52. The Labute approximate surface area is 119 Å². The number of rotatable bonds is 7. The summed E-state index contributed by atoms with van der Waals surface area (Å²) >= 11 is 3.35. The van der Waals surface area contributed by atoms with Crippen LogP contribution in [0.4, 0.5) is 0 Å². The van der Waals surface area contributed by atoms with Crippen LogP contribution < -0.4 is 0 Å². The smallest absolute Gasteiger partial charge is 0.129 e. The van der Waals surface area contributed by atoms with Gasteiger partial charge in [0.25, 0.3) is 0 Å². The molecule has 18 heavy (non-hydrogen) atoms. The lowest BCUT2D eigenvalue weighted by molar-refractivity contribution is 0.259. The van der Waals surface area contributed by atoms with Crippen LogP contribution in [-0.2, 0) is 6.54 Å². The van der Waals surface area contributed by atoms with Crippen molar-refractivity contribution in [2.24, 2.45) is 0 Å². The fraction of sp³-hybridized carbons (Fsp3) is 0.571. The largest absolute Gasteiger partial charge is 0.507 e. The highest BCUT2D eigenvalue weighted by atomic mass is 79.9. The number of hydrogen-bond acceptors (Lipinski definition) is 3. The van der Waals surface area contributed by atoms with Gasteiger partial charge < -0.3 is 10.0 Å². The summed E-state index contributed by atoms with van der Waals surface area (Å²) < 4.78 is 0.768. The molecule has 4 heteroatoms. The zero-order chi connectivity index (χ0) is 13.5. The maximum atomic E-state index is 9.47. The van der Waals surface area contributed by atoms with Crippen molar-refractivity contribution >= 4 is 15.9 Å². The Morgan fingerprint density at radius 1 is 1.22 bits per heavy atom. The minimum absolute atomic E-state index is 0.300. The van der Waals surface area contributed by atoms with E-state index in [4.69, 9.17) is 0 Å². The number of phenolic OH excluding ortho intramolecular Hbond substituents is 1. The Hall–Kier alpha value is -0.580. The van der Waals surface area contributed by atoms with Gasteiger partial charge in [0.2, 0.25) is 0 Å². The van der Waals surface area contributed by atoms with E-state index >= 15 is 0 Å². The normalized spacial score (nSPS) is 11.4. The molecule has 0 saturated heterocycles. The molecule has 0 unspecified atom stereocenters. The third-order valence-corrected chi connectivity index (χ3v) is 3.58. The zero-order valence-corrected chi connectivity index (χ0v) is 13.1. The molecule has 0 bridgehead atoms. The van der Waals surface area contributed by atoms with Crippen LogP contribution in [0.5, 0.6) is 5.75 Å². The molecule has 0 atom stereocenters. The molecule has 0 aromatic heterocycles. The highest BCUT2D eigenvalue weighted by Crippen LogP contribution is 2.24. The van der Waals surface area contributed by atoms with Gasteiger partial charge in [-0.2, -0.15) is 0 Å². The third kappa shape index (κ3) is 5.38. The van der Waals surface area contributed by atoms with Crippen molar-refractivity contribution in [1.29, 1.82) is 0 Å². The lowest BCUT2D eigenvalue weighted by Gasteiger charge is -2.21. The summed E-state index contributed by atoms with van der Waals surface area (Å²) in [7, 11) is 4.21. The molecule has 0 saturated carbocycles. The van der Waals surface area contributed by atoms with Crippen molar-refractivity contribution in [2.45, 2.75) is 19.9 Å². The van der Waals surface area contributed by atoms with E-state index in [1.54, 1.807) is 6.07 Å². The molecule has 0 aliphatic heterocycles. The Morgan fingerprint density at radius 3 is 2.50 bits per heavy atom. The van der Waals surface area contributed by atoms with E-state index in [2.05, 4.69) is 46.7 Å². The second-order valence-electron chi connectivity index (χ2n) is 4.81. The fourth-order valence-corrected chi connectivity index (χ4v) is 2.29. The predicted molar refractivity (Wildman–Crippen MR) is 79.9 cm³/mol. The number of benzene rings is 1. The van der Waals surface area contributed by atoms with Crippen molar-refractivity contribution in [2.75, 3.05) is 33.7 Å². The summed E-state index contributed by atoms with van der Waals surface area (Å²) in [4.78, 5) is 4.63. The van der Waals surface area contributed by atoms with Gasteiger partial charge >= 0.3 is 0 Å². The van der Waals surface area contributed by atoms with Crippen LogP contribution in [0, 0.1) is 0 Å². The Bertz CT molecular complexity index is 369. The maximum Gasteiger partial charge on any atom is 0.129 e. The van der Waals surface area contributed by atoms with Gasteiger partial charge in [0, 0.05) is 6.54 Å². The summed E-state index contributed by atoms with van der Waals surface area (Å²) in [6, 6.07) is 5.71. The van der Waals surface area contributed by atoms with Crippen molar-refractivity contribution in [3.63, 3.8) is 0 Å². The highest BCUT2D eigenvalue weighted by Gasteiger charge is 2.06. The van der Waals surface area contributed by atoms with Gasteiger partial charge in [0.1, 0.15) is 5.75 Å². The summed E-state index contributed by atoms with van der Waals surface area (Å²) in [6.07, 6.45) is 1.18. The van der Waals surface area contributed by atoms with E-state index in [-0.39, 0.29) is 0 Å². The van der Waals surface area contributed by atoms with Crippen LogP contribution in [0.2, 0.25) is 0 Å². The molecule has 0 radical (unpaired) electrons. The predicted octanol–water partition coefficient (Wildman–Crippen LogP) is 2.93. The average Bonchev–Trinajstić information content (AvgIpc) is 2.32. The maximum absolute atomic E-state index is 9.47. The molecule has 1 aromatic rings. The van der Waals surface area contributed by atoms with Crippen LogP contribution in [0.25, 0.3) is 0 Å². The summed E-state index contributed by atoms with van der Waals surface area (Å²) in [6.45, 7) is 6.39. The minimum atomic E-state index is 0.300. The minimum Gasteiger partial charge on any atom is -0.507 e. The van der Waals surface area contributed by atoms with Crippen LogP contribution in [0.15, 0.2) is 22.7 Å². The summed E-state index contributed by atoms with van der Waals surface area (Å²) in [5.74, 6) is 0.300. The fourth-order valence-electron chi connectivity index (χ4n) is 1.87. The standard InChI is InChI=1S/C14H23BrN2O/c1-4-17(9-5-8-16(2)3)11-12-6-7-14(18)13(15)10-12/h6-7,10,18H,4-5,8-9,11H2,1-3H3. The van der Waals surface area contributed by atoms with Gasteiger partial charge in [0.15, 0.2) is 0 Å². The highest BCUT2D eigenvalue weighted by molar-refractivity contribution is 9.10. The quantitative estimate of drug-likeness (QED) is 0.838.